The van der Waals surface area contributed by atoms with E-state index in [1.165, 1.54) is 0 Å². The molecule has 0 aliphatic carbocycles. The third-order valence-corrected chi connectivity index (χ3v) is 2.85. The molecule has 0 rings (SSSR count). The zero-order valence-electron chi connectivity index (χ0n) is 7.83. The van der Waals surface area contributed by atoms with Crippen LogP contribution >= 0.6 is 0 Å². The first-order valence-electron chi connectivity index (χ1n) is 4.18. The first-order chi connectivity index (χ1) is 5.61. The number of rotatable bonds is 4. The predicted molar refractivity (Wildman–Crippen MR) is 49.4 cm³/mol. The van der Waals surface area contributed by atoms with E-state index >= 15 is 0 Å². The number of nitriles is 1. The monoisotopic (exact) mass is 185 g/mol. The van der Waals surface area contributed by atoms with Crippen molar-refractivity contribution in [2.45, 2.75) is 26.1 Å². The van der Waals surface area contributed by atoms with Gasteiger partial charge in [0.25, 0.3) is 0 Å². The molecule has 0 fully saturated rings. The zero-order valence-corrected chi connectivity index (χ0v) is 8.99. The van der Waals surface area contributed by atoms with Gasteiger partial charge in [-0.15, -0.1) is 0 Å². The van der Waals surface area contributed by atoms with Gasteiger partial charge >= 0.3 is 5.97 Å². The van der Waals surface area contributed by atoms with Crippen LogP contribution in [0.5, 0.6) is 0 Å². The molecular weight excluding hydrogens is 170 g/mol. The molecule has 0 aromatic rings. The maximum absolute atomic E-state index is 11.1. The highest BCUT2D eigenvalue weighted by atomic mass is 28.3. The topological polar surface area (TPSA) is 50.1 Å². The lowest BCUT2D eigenvalue weighted by Crippen LogP contribution is -2.20. The van der Waals surface area contributed by atoms with Gasteiger partial charge in [0.05, 0.1) is 12.7 Å². The van der Waals surface area contributed by atoms with Crippen LogP contribution in [-0.4, -0.2) is 21.4 Å². The van der Waals surface area contributed by atoms with Crippen molar-refractivity contribution in [3.05, 3.63) is 0 Å². The predicted octanol–water partition coefficient (Wildman–Crippen LogP) is 1.18. The van der Waals surface area contributed by atoms with Crippen LogP contribution in [0.1, 0.15) is 6.92 Å². The fourth-order valence-electron chi connectivity index (χ4n) is 0.916. The van der Waals surface area contributed by atoms with E-state index in [2.05, 4.69) is 13.1 Å². The number of esters is 1. The van der Waals surface area contributed by atoms with Gasteiger partial charge in [-0.1, -0.05) is 13.1 Å². The highest BCUT2D eigenvalue weighted by molar-refractivity contribution is 6.56. The van der Waals surface area contributed by atoms with Gasteiger partial charge < -0.3 is 4.74 Å². The van der Waals surface area contributed by atoms with E-state index in [1.807, 2.05) is 6.07 Å². The molecule has 68 valence electrons. The highest BCUT2D eigenvalue weighted by Gasteiger charge is 2.20. The molecule has 1 unspecified atom stereocenters. The maximum Gasteiger partial charge on any atom is 0.323 e. The van der Waals surface area contributed by atoms with Gasteiger partial charge in [-0.2, -0.15) is 5.26 Å². The third-order valence-electron chi connectivity index (χ3n) is 1.43. The van der Waals surface area contributed by atoms with Crippen molar-refractivity contribution >= 4 is 14.8 Å². The fourth-order valence-corrected chi connectivity index (χ4v) is 2.16. The standard InChI is InChI=1S/C8H15NO2Si/c1-4-11-8(10)7(5-9)6-12(2)3/h7,12H,4,6H2,1-3H3. The summed E-state index contributed by atoms with van der Waals surface area (Å²) in [6, 6.07) is 2.70. The van der Waals surface area contributed by atoms with Gasteiger partial charge in [0.1, 0.15) is 5.92 Å². The molecule has 0 amide bonds. The van der Waals surface area contributed by atoms with Gasteiger partial charge in [0, 0.05) is 8.80 Å². The Hall–Kier alpha value is -0.823. The Labute approximate surface area is 74.9 Å². The minimum absolute atomic E-state index is 0.358. The van der Waals surface area contributed by atoms with Crippen molar-refractivity contribution < 1.29 is 9.53 Å². The molecule has 0 aliphatic heterocycles. The minimum atomic E-state index is -0.850. The summed E-state index contributed by atoms with van der Waals surface area (Å²) in [6.07, 6.45) is 0. The lowest BCUT2D eigenvalue weighted by atomic mass is 10.2. The van der Waals surface area contributed by atoms with E-state index in [9.17, 15) is 4.79 Å². The summed E-state index contributed by atoms with van der Waals surface area (Å²) < 4.78 is 4.76. The van der Waals surface area contributed by atoms with Gasteiger partial charge in [-0.05, 0) is 13.0 Å². The van der Waals surface area contributed by atoms with Crippen LogP contribution in [0.25, 0.3) is 0 Å². The Balaban J connectivity index is 3.99. The first-order valence-corrected chi connectivity index (χ1v) is 7.30. The summed E-state index contributed by atoms with van der Waals surface area (Å²) in [5.74, 6) is -0.891. The van der Waals surface area contributed by atoms with Crippen LogP contribution < -0.4 is 0 Å². The molecular formula is C8H15NO2Si. The van der Waals surface area contributed by atoms with Crippen LogP contribution in [-0.2, 0) is 9.53 Å². The summed E-state index contributed by atoms with van der Waals surface area (Å²) in [6.45, 7) is 6.34. The largest absolute Gasteiger partial charge is 0.465 e. The molecule has 0 aromatic heterocycles. The lowest BCUT2D eigenvalue weighted by Gasteiger charge is -2.08. The van der Waals surface area contributed by atoms with E-state index < -0.39 is 14.7 Å². The molecule has 0 bridgehead atoms. The van der Waals surface area contributed by atoms with Gasteiger partial charge in [0.15, 0.2) is 0 Å². The van der Waals surface area contributed by atoms with Crippen molar-refractivity contribution in [2.75, 3.05) is 6.61 Å². The molecule has 0 spiro atoms. The molecule has 4 heteroatoms. The molecule has 0 aromatic carbocycles. The minimum Gasteiger partial charge on any atom is -0.465 e. The SMILES string of the molecule is CCOC(=O)C(C#N)C[SiH](C)C. The summed E-state index contributed by atoms with van der Waals surface area (Å²) in [4.78, 5) is 11.1. The average molecular weight is 185 g/mol. The number of nitrogens with zero attached hydrogens (tertiary/aromatic N) is 1. The van der Waals surface area contributed by atoms with Crippen molar-refractivity contribution in [3.63, 3.8) is 0 Å². The van der Waals surface area contributed by atoms with Crippen molar-refractivity contribution in [3.8, 4) is 6.07 Å². The van der Waals surface area contributed by atoms with Crippen molar-refractivity contribution in [1.29, 1.82) is 5.26 Å². The molecule has 3 nitrogen and oxygen atoms in total. The number of hydrogen-bond acceptors (Lipinski definition) is 3. The van der Waals surface area contributed by atoms with E-state index in [1.54, 1.807) is 6.92 Å². The molecule has 0 heterocycles. The summed E-state index contributed by atoms with van der Waals surface area (Å²) in [5, 5.41) is 8.64. The quantitative estimate of drug-likeness (QED) is 0.488. The van der Waals surface area contributed by atoms with Crippen molar-refractivity contribution in [1.82, 2.24) is 0 Å². The normalized spacial score (nSPS) is 12.2. The number of hydrogen-bond donors (Lipinski definition) is 0. The van der Waals surface area contributed by atoms with Crippen LogP contribution in [0, 0.1) is 17.2 Å². The summed E-state index contributed by atoms with van der Waals surface area (Å²) in [7, 11) is -0.850. The third kappa shape index (κ3) is 4.14. The van der Waals surface area contributed by atoms with Gasteiger partial charge in [-0.3, -0.25) is 4.79 Å². The first kappa shape index (κ1) is 11.2. The number of carbonyl (C=O) groups excluding carboxylic acids is 1. The average Bonchev–Trinajstić information content (AvgIpc) is 2.00. The van der Waals surface area contributed by atoms with Crippen LogP contribution in [0.2, 0.25) is 19.1 Å². The zero-order chi connectivity index (χ0) is 9.56. The Kier molecular flexibility index (Phi) is 5.38. The number of carbonyl (C=O) groups is 1. The number of ether oxygens (including phenoxy) is 1. The summed E-state index contributed by atoms with van der Waals surface area (Å²) >= 11 is 0. The highest BCUT2D eigenvalue weighted by Crippen LogP contribution is 2.08. The molecule has 0 radical (unpaired) electrons. The van der Waals surface area contributed by atoms with Crippen LogP contribution in [0.3, 0.4) is 0 Å². The van der Waals surface area contributed by atoms with E-state index in [0.717, 1.165) is 6.04 Å². The molecule has 0 N–H and O–H groups in total. The Bertz CT molecular complexity index is 186. The van der Waals surface area contributed by atoms with E-state index in [-0.39, 0.29) is 5.97 Å². The Morgan fingerprint density at radius 2 is 2.25 bits per heavy atom. The van der Waals surface area contributed by atoms with Gasteiger partial charge in [-0.25, -0.2) is 0 Å². The molecule has 0 saturated heterocycles. The molecule has 0 aliphatic rings. The lowest BCUT2D eigenvalue weighted by molar-refractivity contribution is -0.145. The molecule has 0 saturated carbocycles. The smallest absolute Gasteiger partial charge is 0.323 e. The maximum atomic E-state index is 11.1. The van der Waals surface area contributed by atoms with Crippen LogP contribution in [0.4, 0.5) is 0 Å². The van der Waals surface area contributed by atoms with Crippen LogP contribution in [0.15, 0.2) is 0 Å². The second-order valence-electron chi connectivity index (χ2n) is 3.06. The second-order valence-corrected chi connectivity index (χ2v) is 6.32. The fraction of sp³-hybridized carbons (Fsp3) is 0.750. The Morgan fingerprint density at radius 1 is 1.67 bits per heavy atom. The molecule has 1 atom stereocenters. The second kappa shape index (κ2) is 5.78. The molecule has 12 heavy (non-hydrogen) atoms. The van der Waals surface area contributed by atoms with E-state index in [0.29, 0.717) is 6.61 Å². The van der Waals surface area contributed by atoms with Crippen molar-refractivity contribution in [2.24, 2.45) is 5.92 Å². The van der Waals surface area contributed by atoms with Gasteiger partial charge in [0.2, 0.25) is 0 Å². The Morgan fingerprint density at radius 3 is 2.58 bits per heavy atom. The summed E-state index contributed by atoms with van der Waals surface area (Å²) in [5.41, 5.74) is 0. The van der Waals surface area contributed by atoms with E-state index in [4.69, 9.17) is 10.00 Å².